The third-order valence-corrected chi connectivity index (χ3v) is 13.6. The summed E-state index contributed by atoms with van der Waals surface area (Å²) in [6.07, 6.45) is 27.2. The first-order valence-corrected chi connectivity index (χ1v) is 21.5. The molecule has 0 radical (unpaired) electrons. The van der Waals surface area contributed by atoms with Crippen LogP contribution in [0.4, 0.5) is 0 Å². The molecule has 0 fully saturated rings. The Bertz CT molecular complexity index is 2340. The fraction of sp³-hybridized carbons (Fsp3) is 0.302. The van der Waals surface area contributed by atoms with Gasteiger partial charge in [0.1, 0.15) is 22.1 Å². The van der Waals surface area contributed by atoms with E-state index in [1.54, 1.807) is 0 Å². The molecule has 0 saturated heterocycles. The van der Waals surface area contributed by atoms with Gasteiger partial charge in [0.05, 0.1) is 23.5 Å². The third kappa shape index (κ3) is 7.16. The highest BCUT2D eigenvalue weighted by molar-refractivity contribution is 7.17. The summed E-state index contributed by atoms with van der Waals surface area (Å²) in [4.78, 5) is 5.37. The zero-order valence-corrected chi connectivity index (χ0v) is 32.5. The number of nitrogens with zero attached hydrogens (tertiary/aromatic N) is 4. The van der Waals surface area contributed by atoms with Crippen LogP contribution in [0.15, 0.2) is 96.1 Å². The average Bonchev–Trinajstić information content (AvgIpc) is 3.95. The molecule has 0 amide bonds. The molecule has 4 nitrogen and oxygen atoms in total. The molecule has 8 rings (SSSR count). The van der Waals surface area contributed by atoms with Gasteiger partial charge in [-0.25, -0.2) is 0 Å². The van der Waals surface area contributed by atoms with Gasteiger partial charge in [-0.1, -0.05) is 113 Å². The fourth-order valence-electron chi connectivity index (χ4n) is 7.32. The van der Waals surface area contributed by atoms with E-state index in [2.05, 4.69) is 108 Å². The summed E-state index contributed by atoms with van der Waals surface area (Å²) < 4.78 is 18.5. The van der Waals surface area contributed by atoms with Gasteiger partial charge in [0.15, 0.2) is 0 Å². The van der Waals surface area contributed by atoms with Crippen molar-refractivity contribution in [2.75, 3.05) is 0 Å². The highest BCUT2D eigenvalue weighted by atomic mass is 32.1. The van der Waals surface area contributed by atoms with Gasteiger partial charge >= 0.3 is 0 Å². The number of aryl methyl sites for hydroxylation is 2. The third-order valence-electron chi connectivity index (χ3n) is 10.0. The molecule has 2 bridgehead atoms. The van der Waals surface area contributed by atoms with Crippen LogP contribution in [0.25, 0.3) is 54.1 Å². The molecule has 2 aliphatic carbocycles. The first-order chi connectivity index (χ1) is 25.2. The van der Waals surface area contributed by atoms with E-state index in [1.807, 2.05) is 22.7 Å². The highest BCUT2D eigenvalue weighted by Crippen LogP contribution is 2.46. The lowest BCUT2D eigenvalue weighted by molar-refractivity contribution is 0.667. The highest BCUT2D eigenvalue weighted by Gasteiger charge is 2.24. The maximum atomic E-state index is 4.70. The van der Waals surface area contributed by atoms with Crippen LogP contribution < -0.4 is 0 Å². The second-order valence-electron chi connectivity index (χ2n) is 13.5. The first kappa shape index (κ1) is 34.3. The molecule has 4 heterocycles. The van der Waals surface area contributed by atoms with E-state index in [0.717, 1.165) is 41.3 Å². The van der Waals surface area contributed by atoms with Crippen LogP contribution in [0.3, 0.4) is 0 Å². The quantitative estimate of drug-likeness (QED) is 0.104. The van der Waals surface area contributed by atoms with Crippen molar-refractivity contribution in [1.29, 1.82) is 0 Å². The normalized spacial score (nSPS) is 14.4. The molecule has 0 saturated carbocycles. The lowest BCUT2D eigenvalue weighted by Crippen LogP contribution is -1.94. The van der Waals surface area contributed by atoms with Crippen LogP contribution in [-0.2, 0) is 12.8 Å². The van der Waals surface area contributed by atoms with E-state index in [4.69, 9.17) is 8.75 Å². The molecule has 0 spiro atoms. The van der Waals surface area contributed by atoms with Crippen molar-refractivity contribution in [2.24, 2.45) is 0 Å². The van der Waals surface area contributed by atoms with Gasteiger partial charge in [-0.15, -0.1) is 22.7 Å². The Labute approximate surface area is 317 Å². The minimum atomic E-state index is 0.910. The predicted molar refractivity (Wildman–Crippen MR) is 223 cm³/mol. The van der Waals surface area contributed by atoms with Crippen molar-refractivity contribution < 1.29 is 0 Å². The van der Waals surface area contributed by atoms with Crippen LogP contribution in [0.5, 0.6) is 0 Å². The van der Waals surface area contributed by atoms with E-state index in [1.165, 1.54) is 139 Å². The molecule has 2 aliphatic rings. The Morgan fingerprint density at radius 2 is 1.20 bits per heavy atom. The fourth-order valence-corrected chi connectivity index (χ4v) is 11.0. The van der Waals surface area contributed by atoms with E-state index >= 15 is 0 Å². The lowest BCUT2D eigenvalue weighted by Gasteiger charge is -2.13. The van der Waals surface area contributed by atoms with Gasteiger partial charge in [0.2, 0.25) is 0 Å². The van der Waals surface area contributed by atoms with Crippen LogP contribution in [-0.4, -0.2) is 17.5 Å². The molecule has 51 heavy (non-hydrogen) atoms. The van der Waals surface area contributed by atoms with Gasteiger partial charge in [0, 0.05) is 30.6 Å². The molecule has 6 aromatic rings. The number of hydrogen-bond acceptors (Lipinski definition) is 8. The number of benzene rings is 2. The second kappa shape index (κ2) is 15.8. The number of thiophene rings is 2. The van der Waals surface area contributed by atoms with Gasteiger partial charge in [-0.05, 0) is 89.8 Å². The molecule has 0 N–H and O–H groups in total. The van der Waals surface area contributed by atoms with E-state index < -0.39 is 0 Å². The number of rotatable bonds is 14. The number of fused-ring (bicyclic) bond motifs is 4. The summed E-state index contributed by atoms with van der Waals surface area (Å²) >= 11 is 6.45. The summed E-state index contributed by atoms with van der Waals surface area (Å²) in [5.41, 5.74) is 14.8. The molecule has 8 heteroatoms. The summed E-state index contributed by atoms with van der Waals surface area (Å²) in [6, 6.07) is 17.7. The van der Waals surface area contributed by atoms with Crippen LogP contribution in [0.1, 0.15) is 92.5 Å². The van der Waals surface area contributed by atoms with Crippen molar-refractivity contribution in [2.45, 2.75) is 84.5 Å². The Balaban J connectivity index is 1.16. The topological polar surface area (TPSA) is 51.6 Å². The molecule has 0 atom stereocenters. The Hall–Kier alpha value is -3.82. The van der Waals surface area contributed by atoms with Crippen molar-refractivity contribution in [3.05, 3.63) is 117 Å². The average molecular weight is 743 g/mol. The summed E-state index contributed by atoms with van der Waals surface area (Å²) in [7, 11) is 0. The molecule has 0 aliphatic heterocycles. The van der Waals surface area contributed by atoms with Gasteiger partial charge in [-0.3, -0.25) is 0 Å². The summed E-state index contributed by atoms with van der Waals surface area (Å²) in [6.45, 7) is 4.58. The largest absolute Gasteiger partial charge is 0.173 e. The Morgan fingerprint density at radius 3 is 1.82 bits per heavy atom. The number of unbranched alkanes of at least 4 members (excludes halogenated alkanes) is 6. The molecule has 258 valence electrons. The van der Waals surface area contributed by atoms with Crippen LogP contribution in [0.2, 0.25) is 0 Å². The number of hydrogen-bond donors (Lipinski definition) is 0. The second-order valence-corrected chi connectivity index (χ2v) is 16.7. The molecular formula is C43H42N4S4. The predicted octanol–water partition coefficient (Wildman–Crippen LogP) is 13.7. The van der Waals surface area contributed by atoms with Gasteiger partial charge in [0.25, 0.3) is 0 Å². The first-order valence-electron chi connectivity index (χ1n) is 18.4. The monoisotopic (exact) mass is 742 g/mol. The van der Waals surface area contributed by atoms with Gasteiger partial charge in [-0.2, -0.15) is 17.5 Å². The SMILES string of the molecule is CCCCCCc1cc(-c2cccc3nsnc23)sc1C1=CC=CC2=C(c3sc(-c4cccc5nsnc45)cc3CCCCCC)C=CC=C1C2. The van der Waals surface area contributed by atoms with Crippen molar-refractivity contribution in [3.63, 3.8) is 0 Å². The lowest BCUT2D eigenvalue weighted by atomic mass is 9.93. The Morgan fingerprint density at radius 1 is 0.608 bits per heavy atom. The van der Waals surface area contributed by atoms with Crippen LogP contribution >= 0.6 is 46.1 Å². The molecule has 4 aromatic heterocycles. The summed E-state index contributed by atoms with van der Waals surface area (Å²) in [5, 5.41) is 0. The van der Waals surface area contributed by atoms with Crippen molar-refractivity contribution in [3.8, 4) is 20.9 Å². The smallest absolute Gasteiger partial charge is 0.113 e. The van der Waals surface area contributed by atoms with E-state index in [-0.39, 0.29) is 0 Å². The van der Waals surface area contributed by atoms with Crippen molar-refractivity contribution >= 4 is 79.3 Å². The van der Waals surface area contributed by atoms with E-state index in [9.17, 15) is 0 Å². The maximum absolute atomic E-state index is 4.70. The molecule has 2 aromatic carbocycles. The van der Waals surface area contributed by atoms with Crippen molar-refractivity contribution in [1.82, 2.24) is 17.5 Å². The summed E-state index contributed by atoms with van der Waals surface area (Å²) in [5.74, 6) is 0. The maximum Gasteiger partial charge on any atom is 0.113 e. The standard InChI is InChI=1S/C43H42N4S4/c1-3-5-7-9-15-30-26-38(34-21-13-23-36-40(34)46-50-44-36)48-42(30)32-19-11-18-29-25-28(32)17-12-20-33(29)43-31(16-10-8-6-4-2)27-39(49-43)35-22-14-24-37-41(35)47-51-45-37/h11-14,17-24,26-27H,3-10,15-16,25H2,1-2H3. The molecular weight excluding hydrogens is 701 g/mol. The molecule has 0 unspecified atom stereocenters. The minimum Gasteiger partial charge on any atom is -0.173 e. The minimum absolute atomic E-state index is 0.910. The van der Waals surface area contributed by atoms with E-state index in [0.29, 0.717) is 0 Å². The zero-order valence-electron chi connectivity index (χ0n) is 29.3. The Kier molecular flexibility index (Phi) is 10.6. The zero-order chi connectivity index (χ0) is 34.6. The van der Waals surface area contributed by atoms with Gasteiger partial charge < -0.3 is 0 Å². The number of allylic oxidation sites excluding steroid dienone is 10. The van der Waals surface area contributed by atoms with Crippen LogP contribution in [0, 0.1) is 0 Å². The number of aromatic nitrogens is 4.